The first-order chi connectivity index (χ1) is 9.61. The third-order valence-corrected chi connectivity index (χ3v) is 4.40. The SMILES string of the molecule is CCc1ccsc1CNC(=O)N(CCC(=O)O)C1CC1. The molecule has 1 aliphatic carbocycles. The van der Waals surface area contributed by atoms with Crippen molar-refractivity contribution in [2.45, 2.75) is 45.2 Å². The minimum absolute atomic E-state index is 0.00311. The first-order valence-corrected chi connectivity index (χ1v) is 7.81. The normalized spacial score (nSPS) is 14.1. The summed E-state index contributed by atoms with van der Waals surface area (Å²) in [6.45, 7) is 2.91. The number of aliphatic carboxylic acids is 1. The van der Waals surface area contributed by atoms with Gasteiger partial charge in [-0.1, -0.05) is 6.92 Å². The number of amides is 2. The van der Waals surface area contributed by atoms with E-state index in [9.17, 15) is 9.59 Å². The number of carboxylic acids is 1. The van der Waals surface area contributed by atoms with E-state index >= 15 is 0 Å². The van der Waals surface area contributed by atoms with Gasteiger partial charge < -0.3 is 15.3 Å². The monoisotopic (exact) mass is 296 g/mol. The maximum atomic E-state index is 12.2. The van der Waals surface area contributed by atoms with Crippen molar-refractivity contribution in [1.29, 1.82) is 0 Å². The lowest BCUT2D eigenvalue weighted by atomic mass is 10.2. The average Bonchev–Trinajstić information content (AvgIpc) is 3.14. The Morgan fingerprint density at radius 3 is 2.85 bits per heavy atom. The van der Waals surface area contributed by atoms with E-state index in [-0.39, 0.29) is 25.0 Å². The highest BCUT2D eigenvalue weighted by Crippen LogP contribution is 2.27. The van der Waals surface area contributed by atoms with E-state index in [1.54, 1.807) is 16.2 Å². The van der Waals surface area contributed by atoms with Gasteiger partial charge in [-0.05, 0) is 36.3 Å². The molecule has 110 valence electrons. The predicted molar refractivity (Wildman–Crippen MR) is 77.9 cm³/mol. The van der Waals surface area contributed by atoms with Gasteiger partial charge in [0.2, 0.25) is 0 Å². The first-order valence-electron chi connectivity index (χ1n) is 6.93. The molecule has 6 heteroatoms. The van der Waals surface area contributed by atoms with Gasteiger partial charge in [0.05, 0.1) is 13.0 Å². The third-order valence-electron chi connectivity index (χ3n) is 3.43. The summed E-state index contributed by atoms with van der Waals surface area (Å²) in [6.07, 6.45) is 2.92. The molecule has 5 nitrogen and oxygen atoms in total. The molecule has 1 aliphatic rings. The van der Waals surface area contributed by atoms with E-state index < -0.39 is 5.97 Å². The van der Waals surface area contributed by atoms with Crippen LogP contribution in [0.2, 0.25) is 0 Å². The Morgan fingerprint density at radius 1 is 1.50 bits per heavy atom. The highest BCUT2D eigenvalue weighted by atomic mass is 32.1. The molecule has 0 radical (unpaired) electrons. The van der Waals surface area contributed by atoms with Crippen LogP contribution in [0.1, 0.15) is 36.6 Å². The van der Waals surface area contributed by atoms with Crippen LogP contribution in [0.3, 0.4) is 0 Å². The Hall–Kier alpha value is -1.56. The Kier molecular flexibility index (Phi) is 5.00. The molecule has 0 saturated heterocycles. The molecule has 1 heterocycles. The van der Waals surface area contributed by atoms with E-state index in [1.165, 1.54) is 10.4 Å². The molecule has 0 aromatic carbocycles. The van der Waals surface area contributed by atoms with Crippen molar-refractivity contribution in [3.63, 3.8) is 0 Å². The van der Waals surface area contributed by atoms with Crippen LogP contribution in [-0.2, 0) is 17.8 Å². The fourth-order valence-electron chi connectivity index (χ4n) is 2.15. The lowest BCUT2D eigenvalue weighted by Crippen LogP contribution is -2.42. The van der Waals surface area contributed by atoms with Crippen LogP contribution in [0.4, 0.5) is 4.79 Å². The first kappa shape index (κ1) is 14.8. The largest absolute Gasteiger partial charge is 0.481 e. The van der Waals surface area contributed by atoms with Gasteiger partial charge in [0.1, 0.15) is 0 Å². The number of carboxylic acid groups (broad SMARTS) is 1. The number of thiophene rings is 1. The number of carbonyl (C=O) groups is 2. The molecule has 0 atom stereocenters. The number of carbonyl (C=O) groups excluding carboxylic acids is 1. The van der Waals surface area contributed by atoms with Gasteiger partial charge in [-0.15, -0.1) is 11.3 Å². The molecule has 0 bridgehead atoms. The van der Waals surface area contributed by atoms with Gasteiger partial charge in [0.25, 0.3) is 0 Å². The summed E-state index contributed by atoms with van der Waals surface area (Å²) in [7, 11) is 0. The Balaban J connectivity index is 1.86. The van der Waals surface area contributed by atoms with Crippen LogP contribution in [0.25, 0.3) is 0 Å². The Morgan fingerprint density at radius 2 is 2.25 bits per heavy atom. The lowest BCUT2D eigenvalue weighted by molar-refractivity contribution is -0.137. The fraction of sp³-hybridized carbons (Fsp3) is 0.571. The molecule has 1 fully saturated rings. The molecule has 1 saturated carbocycles. The minimum Gasteiger partial charge on any atom is -0.481 e. The maximum absolute atomic E-state index is 12.2. The second kappa shape index (κ2) is 6.74. The highest BCUT2D eigenvalue weighted by Gasteiger charge is 2.32. The van der Waals surface area contributed by atoms with Gasteiger partial charge in [-0.3, -0.25) is 4.79 Å². The van der Waals surface area contributed by atoms with Crippen LogP contribution >= 0.6 is 11.3 Å². The molecule has 0 spiro atoms. The minimum atomic E-state index is -0.866. The molecule has 2 N–H and O–H groups in total. The van der Waals surface area contributed by atoms with Gasteiger partial charge in [0.15, 0.2) is 0 Å². The molecule has 2 rings (SSSR count). The molecule has 2 amide bonds. The maximum Gasteiger partial charge on any atom is 0.317 e. The summed E-state index contributed by atoms with van der Waals surface area (Å²) in [5, 5.41) is 13.7. The molecule has 0 unspecified atom stereocenters. The molecule has 0 aliphatic heterocycles. The van der Waals surface area contributed by atoms with Gasteiger partial charge in [-0.25, -0.2) is 4.79 Å². The number of nitrogens with one attached hydrogen (secondary N) is 1. The third kappa shape index (κ3) is 3.96. The average molecular weight is 296 g/mol. The predicted octanol–water partition coefficient (Wildman–Crippen LogP) is 2.46. The Bertz CT molecular complexity index is 483. The van der Waals surface area contributed by atoms with Crippen molar-refractivity contribution >= 4 is 23.3 Å². The van der Waals surface area contributed by atoms with Crippen molar-refractivity contribution in [2.75, 3.05) is 6.54 Å². The second-order valence-electron chi connectivity index (χ2n) is 4.95. The topological polar surface area (TPSA) is 69.6 Å². The summed E-state index contributed by atoms with van der Waals surface area (Å²) in [5.74, 6) is -0.866. The van der Waals surface area contributed by atoms with Gasteiger partial charge in [-0.2, -0.15) is 0 Å². The summed E-state index contributed by atoms with van der Waals surface area (Å²) in [5.41, 5.74) is 1.26. The zero-order valence-corrected chi connectivity index (χ0v) is 12.4. The number of hydrogen-bond donors (Lipinski definition) is 2. The van der Waals surface area contributed by atoms with Crippen molar-refractivity contribution in [1.82, 2.24) is 10.2 Å². The molecule has 20 heavy (non-hydrogen) atoms. The van der Waals surface area contributed by atoms with E-state index in [1.807, 2.05) is 5.38 Å². The van der Waals surface area contributed by atoms with Crippen LogP contribution in [-0.4, -0.2) is 34.6 Å². The van der Waals surface area contributed by atoms with E-state index in [2.05, 4.69) is 18.3 Å². The van der Waals surface area contributed by atoms with E-state index in [0.717, 1.165) is 19.3 Å². The molecular weight excluding hydrogens is 276 g/mol. The number of aryl methyl sites for hydroxylation is 1. The van der Waals surface area contributed by atoms with Crippen molar-refractivity contribution in [3.8, 4) is 0 Å². The molecule has 1 aromatic heterocycles. The van der Waals surface area contributed by atoms with Crippen molar-refractivity contribution in [3.05, 3.63) is 21.9 Å². The summed E-state index contributed by atoms with van der Waals surface area (Å²) in [4.78, 5) is 25.6. The zero-order chi connectivity index (χ0) is 14.5. The van der Waals surface area contributed by atoms with Crippen molar-refractivity contribution < 1.29 is 14.7 Å². The summed E-state index contributed by atoms with van der Waals surface area (Å²) >= 11 is 1.64. The number of urea groups is 1. The van der Waals surface area contributed by atoms with Crippen LogP contribution in [0.15, 0.2) is 11.4 Å². The van der Waals surface area contributed by atoms with Crippen molar-refractivity contribution in [2.24, 2.45) is 0 Å². The summed E-state index contributed by atoms with van der Waals surface area (Å²) in [6, 6.07) is 2.16. The molecule has 1 aromatic rings. The zero-order valence-electron chi connectivity index (χ0n) is 11.6. The quantitative estimate of drug-likeness (QED) is 0.812. The van der Waals surface area contributed by atoms with Gasteiger partial charge >= 0.3 is 12.0 Å². The van der Waals surface area contributed by atoms with E-state index in [0.29, 0.717) is 6.54 Å². The summed E-state index contributed by atoms with van der Waals surface area (Å²) < 4.78 is 0. The van der Waals surface area contributed by atoms with Gasteiger partial charge in [0, 0.05) is 17.5 Å². The van der Waals surface area contributed by atoms with E-state index in [4.69, 9.17) is 5.11 Å². The molecular formula is C14H20N2O3S. The van der Waals surface area contributed by atoms with Crippen LogP contribution in [0.5, 0.6) is 0 Å². The standard InChI is InChI=1S/C14H20N2O3S/c1-2-10-6-8-20-12(10)9-15-14(19)16(11-3-4-11)7-5-13(17)18/h6,8,11H,2-5,7,9H2,1H3,(H,15,19)(H,17,18). The Labute approximate surface area is 122 Å². The van der Waals surface area contributed by atoms with Crippen LogP contribution < -0.4 is 5.32 Å². The number of nitrogens with zero attached hydrogens (tertiary/aromatic N) is 1. The number of rotatable bonds is 7. The highest BCUT2D eigenvalue weighted by molar-refractivity contribution is 7.10. The smallest absolute Gasteiger partial charge is 0.317 e. The fourth-order valence-corrected chi connectivity index (χ4v) is 3.06. The number of hydrogen-bond acceptors (Lipinski definition) is 3. The lowest BCUT2D eigenvalue weighted by Gasteiger charge is -2.22. The second-order valence-corrected chi connectivity index (χ2v) is 5.95. The van der Waals surface area contributed by atoms with Crippen LogP contribution in [0, 0.1) is 0 Å².